The van der Waals surface area contributed by atoms with Crippen molar-refractivity contribution in [1.82, 2.24) is 0 Å². The summed E-state index contributed by atoms with van der Waals surface area (Å²) in [5, 5.41) is 5.70. The predicted molar refractivity (Wildman–Crippen MR) is 143 cm³/mol. The summed E-state index contributed by atoms with van der Waals surface area (Å²) in [6.07, 6.45) is 1.36. The zero-order chi connectivity index (χ0) is 24.5. The second-order valence-electron chi connectivity index (χ2n) is 9.05. The van der Waals surface area contributed by atoms with Gasteiger partial charge in [0.15, 0.2) is 17.3 Å². The average molecular weight is 489 g/mol. The highest BCUT2D eigenvalue weighted by Crippen LogP contribution is 2.50. The Bertz CT molecular complexity index is 1240. The van der Waals surface area contributed by atoms with Crippen LogP contribution in [0.2, 0.25) is 0 Å². The number of methoxy groups -OCH3 is 2. The Labute approximate surface area is 211 Å². The molecule has 35 heavy (non-hydrogen) atoms. The molecule has 1 aliphatic heterocycles. The zero-order valence-electron chi connectivity index (χ0n) is 20.8. The lowest BCUT2D eigenvalue weighted by Gasteiger charge is -2.37. The van der Waals surface area contributed by atoms with Crippen molar-refractivity contribution in [3.8, 4) is 11.5 Å². The van der Waals surface area contributed by atoms with Gasteiger partial charge in [-0.3, -0.25) is 4.79 Å². The third-order valence-electron chi connectivity index (χ3n) is 7.25. The minimum atomic E-state index is -0.149. The van der Waals surface area contributed by atoms with E-state index in [4.69, 9.17) is 9.47 Å². The molecule has 0 amide bonds. The fourth-order valence-corrected chi connectivity index (χ4v) is 6.31. The molecule has 5 rings (SSSR count). The molecular formula is C29H32N2O3S. The Morgan fingerprint density at radius 1 is 1.00 bits per heavy atom. The minimum absolute atomic E-state index is 0.149. The summed E-state index contributed by atoms with van der Waals surface area (Å²) in [6.45, 7) is 6.26. The third-order valence-corrected chi connectivity index (χ3v) is 8.28. The standard InChI is InChI=1S/C29H32N2O3S/c1-5-31(6-2)20-11-9-18(10-12-20)28-21-16-25(33-3)26(34-4)17-22(21)30-23-14-19(15-24(32)29(23)28)27-8-7-13-35-27/h7-13,16-17,19,28,30H,5-6,14-15H2,1-4H3. The van der Waals surface area contributed by atoms with Crippen molar-refractivity contribution in [3.05, 3.63) is 81.2 Å². The maximum absolute atomic E-state index is 13.7. The molecule has 0 spiro atoms. The monoisotopic (exact) mass is 488 g/mol. The van der Waals surface area contributed by atoms with Gasteiger partial charge in [-0.25, -0.2) is 0 Å². The van der Waals surface area contributed by atoms with Gasteiger partial charge in [0.1, 0.15) is 0 Å². The molecule has 6 heteroatoms. The van der Waals surface area contributed by atoms with Crippen LogP contribution in [0.3, 0.4) is 0 Å². The van der Waals surface area contributed by atoms with Gasteiger partial charge in [0.2, 0.25) is 0 Å². The molecule has 3 aromatic rings. The zero-order valence-corrected chi connectivity index (χ0v) is 21.6. The number of rotatable bonds is 7. The van der Waals surface area contributed by atoms with Gasteiger partial charge >= 0.3 is 0 Å². The molecule has 2 aliphatic rings. The highest BCUT2D eigenvalue weighted by Gasteiger charge is 2.39. The summed E-state index contributed by atoms with van der Waals surface area (Å²) in [5.41, 5.74) is 6.23. The van der Waals surface area contributed by atoms with Crippen LogP contribution in [0, 0.1) is 0 Å². The summed E-state index contributed by atoms with van der Waals surface area (Å²) in [7, 11) is 3.30. The summed E-state index contributed by atoms with van der Waals surface area (Å²) >= 11 is 1.73. The van der Waals surface area contributed by atoms with E-state index in [0.29, 0.717) is 17.9 Å². The first-order valence-corrected chi connectivity index (χ1v) is 13.1. The van der Waals surface area contributed by atoms with Crippen molar-refractivity contribution in [1.29, 1.82) is 0 Å². The maximum atomic E-state index is 13.7. The van der Waals surface area contributed by atoms with Gasteiger partial charge in [-0.1, -0.05) is 18.2 Å². The van der Waals surface area contributed by atoms with Crippen LogP contribution in [0.15, 0.2) is 65.2 Å². The molecule has 0 radical (unpaired) electrons. The van der Waals surface area contributed by atoms with E-state index in [-0.39, 0.29) is 17.6 Å². The Hall–Kier alpha value is -3.25. The van der Waals surface area contributed by atoms with E-state index >= 15 is 0 Å². The molecule has 1 aromatic heterocycles. The van der Waals surface area contributed by atoms with Crippen LogP contribution in [0.5, 0.6) is 11.5 Å². The number of benzene rings is 2. The van der Waals surface area contributed by atoms with Crippen molar-refractivity contribution < 1.29 is 14.3 Å². The fourth-order valence-electron chi connectivity index (χ4n) is 5.48. The van der Waals surface area contributed by atoms with E-state index in [1.54, 1.807) is 25.6 Å². The molecule has 0 bridgehead atoms. The molecule has 182 valence electrons. The number of ether oxygens (including phenoxy) is 2. The summed E-state index contributed by atoms with van der Waals surface area (Å²) in [6, 6.07) is 16.9. The fraction of sp³-hybridized carbons (Fsp3) is 0.345. The number of anilines is 2. The van der Waals surface area contributed by atoms with Gasteiger partial charge in [0, 0.05) is 64.9 Å². The SMILES string of the molecule is CCN(CC)c1ccc(C2C3=C(CC(c4cccs4)CC3=O)Nc3cc(OC)c(OC)cc32)cc1. The molecule has 2 unspecified atom stereocenters. The van der Waals surface area contributed by atoms with Gasteiger partial charge in [0.05, 0.1) is 14.2 Å². The van der Waals surface area contributed by atoms with E-state index in [2.05, 4.69) is 65.8 Å². The maximum Gasteiger partial charge on any atom is 0.162 e. The Morgan fingerprint density at radius 2 is 1.71 bits per heavy atom. The molecule has 2 aromatic carbocycles. The molecule has 1 aliphatic carbocycles. The average Bonchev–Trinajstić information content (AvgIpc) is 3.43. The molecule has 2 atom stereocenters. The summed E-state index contributed by atoms with van der Waals surface area (Å²) in [4.78, 5) is 17.3. The molecule has 2 heterocycles. The number of ketones is 1. The van der Waals surface area contributed by atoms with Crippen LogP contribution >= 0.6 is 11.3 Å². The highest BCUT2D eigenvalue weighted by atomic mass is 32.1. The lowest BCUT2D eigenvalue weighted by Crippen LogP contribution is -2.29. The van der Waals surface area contributed by atoms with Crippen LogP contribution < -0.4 is 19.7 Å². The largest absolute Gasteiger partial charge is 0.493 e. The van der Waals surface area contributed by atoms with E-state index in [0.717, 1.165) is 47.6 Å². The smallest absolute Gasteiger partial charge is 0.162 e. The minimum Gasteiger partial charge on any atom is -0.493 e. The summed E-state index contributed by atoms with van der Waals surface area (Å²) < 4.78 is 11.2. The van der Waals surface area contributed by atoms with Crippen LogP contribution in [-0.4, -0.2) is 33.1 Å². The van der Waals surface area contributed by atoms with Gasteiger partial charge in [0.25, 0.3) is 0 Å². The van der Waals surface area contributed by atoms with Crippen molar-refractivity contribution >= 4 is 28.5 Å². The second-order valence-corrected chi connectivity index (χ2v) is 10.0. The van der Waals surface area contributed by atoms with Crippen molar-refractivity contribution in [3.63, 3.8) is 0 Å². The van der Waals surface area contributed by atoms with Crippen LogP contribution in [0.25, 0.3) is 0 Å². The lowest BCUT2D eigenvalue weighted by molar-refractivity contribution is -0.116. The van der Waals surface area contributed by atoms with E-state index in [9.17, 15) is 4.79 Å². The number of hydrogen-bond acceptors (Lipinski definition) is 6. The lowest BCUT2D eigenvalue weighted by atomic mass is 9.73. The number of carbonyl (C=O) groups is 1. The van der Waals surface area contributed by atoms with Gasteiger partial charge in [-0.15, -0.1) is 11.3 Å². The third kappa shape index (κ3) is 4.20. The van der Waals surface area contributed by atoms with Crippen molar-refractivity contribution in [2.24, 2.45) is 0 Å². The van der Waals surface area contributed by atoms with Gasteiger partial charge in [-0.05, 0) is 61.0 Å². The van der Waals surface area contributed by atoms with Crippen molar-refractivity contribution in [2.45, 2.75) is 38.5 Å². The number of fused-ring (bicyclic) bond motifs is 1. The molecule has 0 fully saturated rings. The number of hydrogen-bond donors (Lipinski definition) is 1. The molecule has 0 saturated heterocycles. The molecular weight excluding hydrogens is 456 g/mol. The number of thiophene rings is 1. The number of allylic oxidation sites excluding steroid dienone is 2. The Kier molecular flexibility index (Phi) is 6.56. The first kappa shape index (κ1) is 23.5. The van der Waals surface area contributed by atoms with Crippen LogP contribution in [0.4, 0.5) is 11.4 Å². The quantitative estimate of drug-likeness (QED) is 0.408. The van der Waals surface area contributed by atoms with E-state index < -0.39 is 0 Å². The topological polar surface area (TPSA) is 50.8 Å². The highest BCUT2D eigenvalue weighted by molar-refractivity contribution is 7.10. The Balaban J connectivity index is 1.63. The number of nitrogens with zero attached hydrogens (tertiary/aromatic N) is 1. The predicted octanol–water partition coefficient (Wildman–Crippen LogP) is 6.57. The molecule has 1 N–H and O–H groups in total. The summed E-state index contributed by atoms with van der Waals surface area (Å²) in [5.74, 6) is 1.62. The first-order valence-electron chi connectivity index (χ1n) is 12.2. The van der Waals surface area contributed by atoms with Gasteiger partial charge in [-0.2, -0.15) is 0 Å². The normalized spacial score (nSPS) is 19.0. The number of carbonyl (C=O) groups excluding carboxylic acids is 1. The number of Topliss-reactive ketones (excluding diaryl/α,β-unsaturated/α-hetero) is 1. The van der Waals surface area contributed by atoms with Crippen molar-refractivity contribution in [2.75, 3.05) is 37.5 Å². The van der Waals surface area contributed by atoms with E-state index in [1.807, 2.05) is 12.1 Å². The van der Waals surface area contributed by atoms with Crippen LogP contribution in [-0.2, 0) is 4.79 Å². The van der Waals surface area contributed by atoms with Crippen LogP contribution in [0.1, 0.15) is 54.5 Å². The number of nitrogens with one attached hydrogen (secondary N) is 1. The Morgan fingerprint density at radius 3 is 2.34 bits per heavy atom. The molecule has 0 saturated carbocycles. The second kappa shape index (κ2) is 9.78. The van der Waals surface area contributed by atoms with Gasteiger partial charge < -0.3 is 19.7 Å². The molecule has 5 nitrogen and oxygen atoms in total. The van der Waals surface area contributed by atoms with E-state index in [1.165, 1.54) is 10.6 Å². The first-order chi connectivity index (χ1) is 17.1.